The van der Waals surface area contributed by atoms with Crippen LogP contribution in [0.3, 0.4) is 0 Å². The largest absolute Gasteiger partial charge is 0.448 e. The number of anilines is 1. The van der Waals surface area contributed by atoms with Gasteiger partial charge in [0.2, 0.25) is 0 Å². The minimum atomic E-state index is -6.04. The third-order valence-electron chi connectivity index (χ3n) is 11.0. The van der Waals surface area contributed by atoms with Crippen LogP contribution in [0, 0.1) is 0 Å². The maximum absolute atomic E-state index is 14.4. The van der Waals surface area contributed by atoms with Crippen molar-refractivity contribution in [1.82, 2.24) is 4.57 Å². The van der Waals surface area contributed by atoms with Crippen LogP contribution in [0.5, 0.6) is 0 Å². The van der Waals surface area contributed by atoms with Gasteiger partial charge in [0.1, 0.15) is 6.61 Å². The molecule has 0 bridgehead atoms. The predicted octanol–water partition coefficient (Wildman–Crippen LogP) is 9.16. The summed E-state index contributed by atoms with van der Waals surface area (Å²) in [4.78, 5) is 14.3. The van der Waals surface area contributed by atoms with Gasteiger partial charge >= 0.3 is 18.4 Å². The van der Waals surface area contributed by atoms with Gasteiger partial charge < -0.3 is 20.3 Å². The molecule has 0 amide bonds. The molecule has 1 atom stereocenters. The molecule has 1 unspecified atom stereocenters. The lowest BCUT2D eigenvalue weighted by molar-refractivity contribution is -0.376. The van der Waals surface area contributed by atoms with Gasteiger partial charge in [-0.3, -0.25) is 4.57 Å². The molecular formula is C44H34F6N2O6S. The Morgan fingerprint density at radius 3 is 1.98 bits per heavy atom. The predicted molar refractivity (Wildman–Crippen MR) is 209 cm³/mol. The number of sulfone groups is 1. The number of nitrogens with one attached hydrogen (secondary N) is 1. The zero-order valence-corrected chi connectivity index (χ0v) is 31.6. The SMILES string of the molecule is O=C(OCC1c2ccccc2-c2ccccc21)n1cc2cc(S(=O)(=O)CCO)ccc2c1C1C(CNc2ccc(C(O)(C(F)(F)F)C(F)(F)F)cc2)=Cc2ccccc21. The molecular weight excluding hydrogens is 799 g/mol. The second kappa shape index (κ2) is 14.7. The summed E-state index contributed by atoms with van der Waals surface area (Å²) in [6.07, 6.45) is -9.47. The van der Waals surface area contributed by atoms with Crippen LogP contribution in [0.2, 0.25) is 0 Å². The first-order chi connectivity index (χ1) is 28.0. The molecule has 0 saturated heterocycles. The molecule has 0 saturated carbocycles. The number of ether oxygens (including phenoxy) is 1. The highest BCUT2D eigenvalue weighted by molar-refractivity contribution is 7.91. The van der Waals surface area contributed by atoms with Crippen LogP contribution in [0.4, 0.5) is 36.8 Å². The van der Waals surface area contributed by atoms with E-state index in [0.717, 1.165) is 45.5 Å². The molecule has 0 aliphatic heterocycles. The molecule has 8 nitrogen and oxygen atoms in total. The topological polar surface area (TPSA) is 118 Å². The lowest BCUT2D eigenvalue weighted by Crippen LogP contribution is -2.53. The molecule has 1 aromatic heterocycles. The van der Waals surface area contributed by atoms with E-state index in [9.17, 15) is 49.8 Å². The van der Waals surface area contributed by atoms with E-state index in [1.807, 2.05) is 72.8 Å². The molecule has 2 aliphatic rings. The highest BCUT2D eigenvalue weighted by Gasteiger charge is 2.71. The first kappa shape index (κ1) is 39.9. The Balaban J connectivity index is 1.16. The van der Waals surface area contributed by atoms with Crippen molar-refractivity contribution in [2.24, 2.45) is 0 Å². The van der Waals surface area contributed by atoms with Gasteiger partial charge in [-0.25, -0.2) is 13.2 Å². The van der Waals surface area contributed by atoms with E-state index in [-0.39, 0.29) is 29.7 Å². The Labute approximate surface area is 333 Å². The summed E-state index contributed by atoms with van der Waals surface area (Å²) in [6, 6.07) is 30.5. The van der Waals surface area contributed by atoms with Crippen LogP contribution >= 0.6 is 0 Å². The first-order valence-electron chi connectivity index (χ1n) is 18.4. The van der Waals surface area contributed by atoms with Gasteiger partial charge in [-0.2, -0.15) is 26.3 Å². The normalized spacial score (nSPS) is 15.5. The Bertz CT molecular complexity index is 2680. The first-order valence-corrected chi connectivity index (χ1v) is 20.0. The van der Waals surface area contributed by atoms with Crippen molar-refractivity contribution >= 4 is 38.5 Å². The molecule has 3 N–H and O–H groups in total. The summed E-state index contributed by atoms with van der Waals surface area (Å²) in [6.45, 7) is -0.612. The molecule has 1 heterocycles. The number of carbonyl (C=O) groups excluding carboxylic acids is 1. The van der Waals surface area contributed by atoms with E-state index in [4.69, 9.17) is 4.74 Å². The molecule has 304 valence electrons. The average molecular weight is 833 g/mol. The highest BCUT2D eigenvalue weighted by Crippen LogP contribution is 2.51. The van der Waals surface area contributed by atoms with Crippen LogP contribution in [0.1, 0.15) is 45.3 Å². The lowest BCUT2D eigenvalue weighted by atomic mass is 9.90. The maximum atomic E-state index is 14.4. The number of halogens is 6. The molecule has 8 rings (SSSR count). The standard InChI is InChI=1S/C44H34F6N2O6S/c45-43(46,47)42(55,44(48,49)50)29-13-15-30(16-14-29)51-23-27-21-26-7-1-2-8-32(26)39(27)40-33-18-17-31(59(56,57)20-19-53)22-28(33)24-52(40)41(54)58-25-38-36-11-5-3-9-34(36)35-10-4-6-12-37(35)38/h1-18,21-22,24,38-39,51,53,55H,19-20,23,25H2. The van der Waals surface area contributed by atoms with E-state index in [0.29, 0.717) is 34.2 Å². The van der Waals surface area contributed by atoms with E-state index in [1.54, 1.807) is 12.1 Å². The van der Waals surface area contributed by atoms with Gasteiger partial charge in [0.15, 0.2) is 9.84 Å². The molecule has 2 aliphatic carbocycles. The number of hydrogen-bond acceptors (Lipinski definition) is 7. The van der Waals surface area contributed by atoms with Crippen LogP contribution in [0.15, 0.2) is 132 Å². The zero-order valence-electron chi connectivity index (χ0n) is 30.8. The van der Waals surface area contributed by atoms with E-state index < -0.39 is 57.7 Å². The number of alkyl halides is 6. The number of nitrogens with zero attached hydrogens (tertiary/aromatic N) is 1. The highest BCUT2D eigenvalue weighted by atomic mass is 32.2. The third kappa shape index (κ3) is 6.86. The molecule has 59 heavy (non-hydrogen) atoms. The quantitative estimate of drug-likeness (QED) is 0.118. The van der Waals surface area contributed by atoms with Crippen molar-refractivity contribution in [1.29, 1.82) is 0 Å². The van der Waals surface area contributed by atoms with Gasteiger partial charge in [0.05, 0.1) is 17.3 Å². The number of aromatic nitrogens is 1. The van der Waals surface area contributed by atoms with Gasteiger partial charge in [-0.05, 0) is 63.2 Å². The summed E-state index contributed by atoms with van der Waals surface area (Å²) in [5, 5.41) is 23.2. The summed E-state index contributed by atoms with van der Waals surface area (Å²) in [7, 11) is -3.89. The second-order valence-electron chi connectivity index (χ2n) is 14.4. The minimum absolute atomic E-state index is 0.00181. The van der Waals surface area contributed by atoms with Crippen LogP contribution in [0.25, 0.3) is 28.0 Å². The molecule has 6 aromatic rings. The van der Waals surface area contributed by atoms with Gasteiger partial charge in [0.25, 0.3) is 5.60 Å². The van der Waals surface area contributed by atoms with Crippen molar-refractivity contribution in [2.75, 3.05) is 30.8 Å². The van der Waals surface area contributed by atoms with Crippen molar-refractivity contribution in [3.63, 3.8) is 0 Å². The van der Waals surface area contributed by atoms with Gasteiger partial charge in [0, 0.05) is 52.3 Å². The molecule has 0 fully saturated rings. The fourth-order valence-corrected chi connectivity index (χ4v) is 9.20. The Hall–Kier alpha value is -5.90. The van der Waals surface area contributed by atoms with E-state index in [1.165, 1.54) is 22.9 Å². The Morgan fingerprint density at radius 1 is 0.780 bits per heavy atom. The van der Waals surface area contributed by atoms with Crippen molar-refractivity contribution in [3.05, 3.63) is 161 Å². The number of hydrogen-bond donors (Lipinski definition) is 3. The van der Waals surface area contributed by atoms with Crippen molar-refractivity contribution in [3.8, 4) is 11.1 Å². The van der Waals surface area contributed by atoms with Gasteiger partial charge in [-0.1, -0.05) is 97.1 Å². The fraction of sp³-hybridized carbons (Fsp3) is 0.205. The lowest BCUT2D eigenvalue weighted by Gasteiger charge is -2.32. The number of benzene rings is 5. The third-order valence-corrected chi connectivity index (χ3v) is 12.7. The monoisotopic (exact) mass is 832 g/mol. The zero-order chi connectivity index (χ0) is 41.9. The number of aliphatic hydroxyl groups excluding tert-OH is 1. The van der Waals surface area contributed by atoms with E-state index in [2.05, 4.69) is 5.32 Å². The van der Waals surface area contributed by atoms with Crippen LogP contribution < -0.4 is 5.32 Å². The number of fused-ring (bicyclic) bond motifs is 5. The van der Waals surface area contributed by atoms with Crippen molar-refractivity contribution < 1.29 is 54.5 Å². The maximum Gasteiger partial charge on any atom is 0.430 e. The summed E-state index contributed by atoms with van der Waals surface area (Å²) in [5.41, 5.74) is 0.343. The molecule has 5 aromatic carbocycles. The Kier molecular flexibility index (Phi) is 9.96. The second-order valence-corrected chi connectivity index (χ2v) is 16.5. The van der Waals surface area contributed by atoms with Gasteiger partial charge in [-0.15, -0.1) is 0 Å². The fourth-order valence-electron chi connectivity index (χ4n) is 8.15. The number of rotatable bonds is 10. The smallest absolute Gasteiger partial charge is 0.430 e. The minimum Gasteiger partial charge on any atom is -0.448 e. The summed E-state index contributed by atoms with van der Waals surface area (Å²) in [5.74, 6) is -1.45. The van der Waals surface area contributed by atoms with Crippen LogP contribution in [-0.2, 0) is 20.2 Å². The average Bonchev–Trinajstić information content (AvgIpc) is 3.87. The van der Waals surface area contributed by atoms with Crippen LogP contribution in [-0.4, -0.2) is 67.2 Å². The summed E-state index contributed by atoms with van der Waals surface area (Å²) < 4.78 is 115. The summed E-state index contributed by atoms with van der Waals surface area (Å²) >= 11 is 0. The number of aliphatic hydroxyl groups is 2. The molecule has 0 radical (unpaired) electrons. The molecule has 15 heteroatoms. The number of carbonyl (C=O) groups is 1. The Morgan fingerprint density at radius 2 is 1.37 bits per heavy atom. The van der Waals surface area contributed by atoms with Crippen molar-refractivity contribution in [2.45, 2.75) is 34.7 Å². The van der Waals surface area contributed by atoms with E-state index >= 15 is 0 Å². The molecule has 0 spiro atoms.